The molecule has 2 aromatic rings. The fourth-order valence-corrected chi connectivity index (χ4v) is 2.71. The van der Waals surface area contributed by atoms with E-state index in [4.69, 9.17) is 0 Å². The third-order valence-electron chi connectivity index (χ3n) is 3.99. The Morgan fingerprint density at radius 2 is 1.48 bits per heavy atom. The topological polar surface area (TPSA) is 19.4 Å². The van der Waals surface area contributed by atoms with Crippen LogP contribution in [0, 0.1) is 17.6 Å². The zero-order valence-electron chi connectivity index (χ0n) is 12.8. The van der Waals surface area contributed by atoms with Crippen LogP contribution in [0.5, 0.6) is 0 Å². The molecule has 1 aliphatic heterocycles. The van der Waals surface area contributed by atoms with E-state index in [2.05, 4.69) is 4.98 Å². The Bertz CT molecular complexity index is 769. The molecule has 3 nitrogen and oxygen atoms in total. The molecule has 25 heavy (non-hydrogen) atoms. The van der Waals surface area contributed by atoms with Crippen molar-refractivity contribution in [2.24, 2.45) is 0 Å². The molecule has 9 heteroatoms. The molecule has 1 aliphatic rings. The molecule has 0 bridgehead atoms. The first-order valence-electron chi connectivity index (χ1n) is 7.44. The summed E-state index contributed by atoms with van der Waals surface area (Å²) in [5.41, 5.74) is -0.353. The third-order valence-corrected chi connectivity index (χ3v) is 3.99. The van der Waals surface area contributed by atoms with Crippen molar-refractivity contribution in [1.82, 2.24) is 4.98 Å². The summed E-state index contributed by atoms with van der Waals surface area (Å²) in [5.74, 6) is -4.05. The van der Waals surface area contributed by atoms with Crippen LogP contribution in [0.15, 0.2) is 30.3 Å². The number of pyridine rings is 1. The molecule has 1 aromatic carbocycles. The van der Waals surface area contributed by atoms with Gasteiger partial charge in [0.2, 0.25) is 0 Å². The van der Waals surface area contributed by atoms with Gasteiger partial charge >= 0.3 is 6.18 Å². The summed E-state index contributed by atoms with van der Waals surface area (Å²) in [6, 6.07) is 5.34. The van der Waals surface area contributed by atoms with Gasteiger partial charge in [-0.1, -0.05) is 6.07 Å². The van der Waals surface area contributed by atoms with Gasteiger partial charge in [-0.3, -0.25) is 0 Å². The molecule has 0 aliphatic carbocycles. The predicted octanol–water partition coefficient (Wildman–Crippen LogP) is 3.84. The summed E-state index contributed by atoms with van der Waals surface area (Å²) in [6.07, 6.45) is -4.43. The number of anilines is 2. The largest absolute Gasteiger partial charge is 0.416 e. The van der Waals surface area contributed by atoms with Crippen LogP contribution >= 0.6 is 0 Å². The maximum Gasteiger partial charge on any atom is 0.416 e. The maximum absolute atomic E-state index is 13.8. The van der Waals surface area contributed by atoms with E-state index in [1.165, 1.54) is 11.0 Å². The van der Waals surface area contributed by atoms with Crippen molar-refractivity contribution in [2.75, 3.05) is 36.0 Å². The zero-order chi connectivity index (χ0) is 18.2. The van der Waals surface area contributed by atoms with Crippen molar-refractivity contribution in [1.29, 1.82) is 0 Å². The normalized spacial score (nSPS) is 15.6. The minimum absolute atomic E-state index is 0.214. The van der Waals surface area contributed by atoms with E-state index < -0.39 is 29.3 Å². The molecule has 0 N–H and O–H groups in total. The highest BCUT2D eigenvalue weighted by molar-refractivity contribution is 5.51. The van der Waals surface area contributed by atoms with Crippen molar-refractivity contribution in [3.63, 3.8) is 0 Å². The van der Waals surface area contributed by atoms with Gasteiger partial charge in [0.25, 0.3) is 5.95 Å². The van der Waals surface area contributed by atoms with Gasteiger partial charge in [0.05, 0.1) is 5.56 Å². The molecule has 3 rings (SSSR count). The summed E-state index contributed by atoms with van der Waals surface area (Å²) >= 11 is 0. The molecular formula is C16H13F6N3. The molecule has 1 fully saturated rings. The van der Waals surface area contributed by atoms with Crippen LogP contribution < -0.4 is 9.80 Å². The molecule has 1 saturated heterocycles. The second-order valence-electron chi connectivity index (χ2n) is 5.59. The first-order valence-corrected chi connectivity index (χ1v) is 7.44. The Morgan fingerprint density at radius 1 is 0.840 bits per heavy atom. The van der Waals surface area contributed by atoms with Gasteiger partial charge in [0, 0.05) is 37.9 Å². The van der Waals surface area contributed by atoms with Gasteiger partial charge in [-0.15, -0.1) is 0 Å². The van der Waals surface area contributed by atoms with Crippen LogP contribution in [-0.2, 0) is 6.18 Å². The highest BCUT2D eigenvalue weighted by Gasteiger charge is 2.31. The lowest BCUT2D eigenvalue weighted by molar-refractivity contribution is -0.137. The number of alkyl halides is 3. The summed E-state index contributed by atoms with van der Waals surface area (Å²) in [5, 5.41) is 0. The standard InChI is InChI=1S/C16H13F6N3/c17-12-9-13(18)15(23-14(12)19)25-6-4-24(5-7-25)11-3-1-2-10(8-11)16(20,21)22/h1-3,8-9H,4-7H2. The highest BCUT2D eigenvalue weighted by Crippen LogP contribution is 2.32. The summed E-state index contributed by atoms with van der Waals surface area (Å²) in [7, 11) is 0. The predicted molar refractivity (Wildman–Crippen MR) is 80.0 cm³/mol. The van der Waals surface area contributed by atoms with Crippen LogP contribution in [-0.4, -0.2) is 31.2 Å². The average molecular weight is 361 g/mol. The van der Waals surface area contributed by atoms with Crippen LogP contribution in [0.3, 0.4) is 0 Å². The lowest BCUT2D eigenvalue weighted by Crippen LogP contribution is -2.47. The van der Waals surface area contributed by atoms with Crippen molar-refractivity contribution in [3.8, 4) is 0 Å². The Labute approximate surface area is 139 Å². The van der Waals surface area contributed by atoms with Gasteiger partial charge < -0.3 is 9.80 Å². The zero-order valence-corrected chi connectivity index (χ0v) is 12.8. The van der Waals surface area contributed by atoms with Gasteiger partial charge in [0.15, 0.2) is 17.5 Å². The first-order chi connectivity index (χ1) is 11.8. The van der Waals surface area contributed by atoms with Crippen molar-refractivity contribution >= 4 is 11.5 Å². The summed E-state index contributed by atoms with van der Waals surface area (Å²) in [6.45, 7) is 1.01. The van der Waals surface area contributed by atoms with E-state index in [0.717, 1.165) is 12.1 Å². The molecule has 2 heterocycles. The monoisotopic (exact) mass is 361 g/mol. The Morgan fingerprint density at radius 3 is 2.12 bits per heavy atom. The van der Waals surface area contributed by atoms with E-state index in [0.29, 0.717) is 24.8 Å². The first kappa shape index (κ1) is 17.4. The second kappa shape index (κ2) is 6.45. The van der Waals surface area contributed by atoms with Gasteiger partial charge in [-0.05, 0) is 18.2 Å². The quantitative estimate of drug-likeness (QED) is 0.599. The molecule has 0 atom stereocenters. The maximum atomic E-state index is 13.8. The second-order valence-corrected chi connectivity index (χ2v) is 5.59. The van der Waals surface area contributed by atoms with Crippen LogP contribution in [0.4, 0.5) is 37.8 Å². The molecule has 0 saturated carbocycles. The van der Waals surface area contributed by atoms with Crippen molar-refractivity contribution < 1.29 is 26.3 Å². The van der Waals surface area contributed by atoms with Crippen LogP contribution in [0.25, 0.3) is 0 Å². The molecule has 134 valence electrons. The number of aromatic nitrogens is 1. The summed E-state index contributed by atoms with van der Waals surface area (Å²) in [4.78, 5) is 6.43. The van der Waals surface area contributed by atoms with Crippen molar-refractivity contribution in [3.05, 3.63) is 53.5 Å². The van der Waals surface area contributed by atoms with Crippen molar-refractivity contribution in [2.45, 2.75) is 6.18 Å². The minimum Gasteiger partial charge on any atom is -0.368 e. The SMILES string of the molecule is Fc1cc(F)c(N2CCN(c3cccc(C(F)(F)F)c3)CC2)nc1F. The third kappa shape index (κ3) is 3.64. The van der Waals surface area contributed by atoms with Crippen LogP contribution in [0.1, 0.15) is 5.56 Å². The fraction of sp³-hybridized carbons (Fsp3) is 0.312. The van der Waals surface area contributed by atoms with Gasteiger partial charge in [-0.25, -0.2) is 8.78 Å². The minimum atomic E-state index is -4.43. The number of rotatable bonds is 2. The Kier molecular flexibility index (Phi) is 4.49. The molecule has 0 unspecified atom stereocenters. The number of hydrogen-bond donors (Lipinski definition) is 0. The van der Waals surface area contributed by atoms with E-state index in [1.54, 1.807) is 11.0 Å². The number of nitrogens with zero attached hydrogens (tertiary/aromatic N) is 3. The molecule has 0 radical (unpaired) electrons. The molecule has 0 spiro atoms. The number of benzene rings is 1. The lowest BCUT2D eigenvalue weighted by Gasteiger charge is -2.37. The molecular weight excluding hydrogens is 348 g/mol. The molecule has 0 amide bonds. The Hall–Kier alpha value is -2.45. The average Bonchev–Trinajstić information content (AvgIpc) is 2.58. The van der Waals surface area contributed by atoms with Gasteiger partial charge in [0.1, 0.15) is 0 Å². The fourth-order valence-electron chi connectivity index (χ4n) is 2.71. The number of hydrogen-bond acceptors (Lipinski definition) is 3. The lowest BCUT2D eigenvalue weighted by atomic mass is 10.1. The van der Waals surface area contributed by atoms with E-state index in [1.807, 2.05) is 0 Å². The van der Waals surface area contributed by atoms with E-state index >= 15 is 0 Å². The Balaban J connectivity index is 1.73. The smallest absolute Gasteiger partial charge is 0.368 e. The van der Waals surface area contributed by atoms with Gasteiger partial charge in [-0.2, -0.15) is 22.5 Å². The van der Waals surface area contributed by atoms with Crippen LogP contribution in [0.2, 0.25) is 0 Å². The number of piperazine rings is 1. The van der Waals surface area contributed by atoms with E-state index in [-0.39, 0.29) is 18.9 Å². The molecule has 1 aromatic heterocycles. The van der Waals surface area contributed by atoms with E-state index in [9.17, 15) is 26.3 Å². The number of halogens is 6. The highest BCUT2D eigenvalue weighted by atomic mass is 19.4. The summed E-state index contributed by atoms with van der Waals surface area (Å²) < 4.78 is 78.3.